The second-order valence-corrected chi connectivity index (χ2v) is 10.3. The molecule has 5 nitrogen and oxygen atoms in total. The lowest BCUT2D eigenvalue weighted by Gasteiger charge is -2.30. The van der Waals surface area contributed by atoms with Gasteiger partial charge in [0.05, 0.1) is 5.52 Å². The summed E-state index contributed by atoms with van der Waals surface area (Å²) >= 11 is 0. The fraction of sp³-hybridized carbons (Fsp3) is 0.500. The molecule has 1 saturated carbocycles. The number of para-hydroxylation sites is 1. The van der Waals surface area contributed by atoms with Gasteiger partial charge in [-0.15, -0.1) is 0 Å². The summed E-state index contributed by atoms with van der Waals surface area (Å²) in [7, 11) is 4.07. The molecule has 0 atom stereocenters. The molecule has 1 aliphatic carbocycles. The van der Waals surface area contributed by atoms with E-state index in [1.165, 1.54) is 24.0 Å². The number of nitrogens with zero attached hydrogens (tertiary/aromatic N) is 3. The topological polar surface area (TPSA) is 53.1 Å². The fourth-order valence-corrected chi connectivity index (χ4v) is 4.47. The first-order valence-corrected chi connectivity index (χ1v) is 11.8. The molecule has 1 heterocycles. The lowest BCUT2D eigenvalue weighted by Crippen LogP contribution is -2.37. The molecule has 33 heavy (non-hydrogen) atoms. The van der Waals surface area contributed by atoms with Crippen LogP contribution in [0.1, 0.15) is 65.0 Å². The lowest BCUT2D eigenvalue weighted by atomic mass is 9.86. The summed E-state index contributed by atoms with van der Waals surface area (Å²) in [6, 6.07) is 18.3. The number of anilines is 2. The Bertz CT molecular complexity index is 1030. The van der Waals surface area contributed by atoms with Gasteiger partial charge in [0.2, 0.25) is 5.95 Å². The summed E-state index contributed by atoms with van der Waals surface area (Å²) in [6.07, 6.45) is 4.61. The average molecular weight is 448 g/mol. The zero-order chi connectivity index (χ0) is 22.7. The van der Waals surface area contributed by atoms with Crippen molar-refractivity contribution in [1.29, 1.82) is 0 Å². The summed E-state index contributed by atoms with van der Waals surface area (Å²) < 4.78 is 0. The van der Waals surface area contributed by atoms with E-state index in [0.717, 1.165) is 42.1 Å². The summed E-state index contributed by atoms with van der Waals surface area (Å²) in [4.78, 5) is 11.6. The number of nitrogens with one attached hydrogen (secondary N) is 2. The molecule has 178 valence electrons. The van der Waals surface area contributed by atoms with Crippen molar-refractivity contribution < 1.29 is 0 Å². The van der Waals surface area contributed by atoms with Crippen LogP contribution in [0.25, 0.3) is 10.9 Å². The SMILES string of the molecule is C.CN(C)c1nc(NC2CCC(NCc3ccc(C(C)(C)C)cc3)CC2)nc2ccccc12. The molecule has 0 aliphatic heterocycles. The summed E-state index contributed by atoms with van der Waals surface area (Å²) in [5.74, 6) is 1.70. The van der Waals surface area contributed by atoms with Gasteiger partial charge in [-0.2, -0.15) is 4.98 Å². The number of benzene rings is 2. The van der Waals surface area contributed by atoms with Crippen LogP contribution in [0.4, 0.5) is 11.8 Å². The quantitative estimate of drug-likeness (QED) is 0.475. The Hall–Kier alpha value is -2.66. The molecule has 0 saturated heterocycles. The van der Waals surface area contributed by atoms with Crippen LogP contribution in [0.15, 0.2) is 48.5 Å². The van der Waals surface area contributed by atoms with Gasteiger partial charge in [-0.1, -0.05) is 64.6 Å². The van der Waals surface area contributed by atoms with Crippen LogP contribution in [-0.2, 0) is 12.0 Å². The normalized spacial score (nSPS) is 18.6. The first kappa shape index (κ1) is 25.0. The molecule has 4 rings (SSSR count). The Morgan fingerprint density at radius 3 is 2.15 bits per heavy atom. The van der Waals surface area contributed by atoms with Crippen LogP contribution in [0.2, 0.25) is 0 Å². The summed E-state index contributed by atoms with van der Waals surface area (Å²) in [5, 5.41) is 8.46. The van der Waals surface area contributed by atoms with Gasteiger partial charge < -0.3 is 15.5 Å². The third kappa shape index (κ3) is 6.23. The molecule has 2 aromatic carbocycles. The largest absolute Gasteiger partial charge is 0.362 e. The molecule has 0 radical (unpaired) electrons. The molecule has 1 aliphatic rings. The average Bonchev–Trinajstić information content (AvgIpc) is 2.77. The third-order valence-electron chi connectivity index (χ3n) is 6.48. The Kier molecular flexibility index (Phi) is 7.96. The van der Waals surface area contributed by atoms with Crippen molar-refractivity contribution in [2.45, 2.75) is 77.9 Å². The molecular formula is C28H41N5. The Morgan fingerprint density at radius 2 is 1.52 bits per heavy atom. The number of hydrogen-bond acceptors (Lipinski definition) is 5. The van der Waals surface area contributed by atoms with E-state index < -0.39 is 0 Å². The highest BCUT2D eigenvalue weighted by molar-refractivity contribution is 5.90. The smallest absolute Gasteiger partial charge is 0.225 e. The first-order chi connectivity index (χ1) is 15.3. The Labute approximate surface area is 200 Å². The summed E-state index contributed by atoms with van der Waals surface area (Å²) in [5.41, 5.74) is 3.95. The minimum atomic E-state index is 0. The standard InChI is InChI=1S/C27H37N5.CH4/c1-27(2,3)20-12-10-19(11-13-20)18-28-21-14-16-22(17-15-21)29-26-30-24-9-7-6-8-23(24)25(31-26)32(4)5;/h6-13,21-22,28H,14-18H2,1-5H3,(H,29,30,31);1H4. The van der Waals surface area contributed by atoms with Crippen molar-refractivity contribution in [3.05, 3.63) is 59.7 Å². The minimum absolute atomic E-state index is 0. The number of aromatic nitrogens is 2. The molecule has 1 aromatic heterocycles. The maximum absolute atomic E-state index is 4.80. The van der Waals surface area contributed by atoms with E-state index in [1.807, 2.05) is 26.2 Å². The van der Waals surface area contributed by atoms with E-state index in [1.54, 1.807) is 0 Å². The third-order valence-corrected chi connectivity index (χ3v) is 6.48. The van der Waals surface area contributed by atoms with E-state index in [9.17, 15) is 0 Å². The monoisotopic (exact) mass is 447 g/mol. The molecule has 1 fully saturated rings. The van der Waals surface area contributed by atoms with Gasteiger partial charge in [-0.3, -0.25) is 0 Å². The van der Waals surface area contributed by atoms with Crippen molar-refractivity contribution in [3.8, 4) is 0 Å². The van der Waals surface area contributed by atoms with Gasteiger partial charge in [-0.25, -0.2) is 4.98 Å². The molecular weight excluding hydrogens is 406 g/mol. The highest BCUT2D eigenvalue weighted by Gasteiger charge is 2.22. The molecule has 0 amide bonds. The van der Waals surface area contributed by atoms with Gasteiger partial charge in [0.1, 0.15) is 5.82 Å². The molecule has 2 N–H and O–H groups in total. The van der Waals surface area contributed by atoms with Gasteiger partial charge in [0, 0.05) is 38.1 Å². The summed E-state index contributed by atoms with van der Waals surface area (Å²) in [6.45, 7) is 7.72. The fourth-order valence-electron chi connectivity index (χ4n) is 4.47. The molecule has 0 unspecified atom stereocenters. The zero-order valence-corrected chi connectivity index (χ0v) is 20.2. The van der Waals surface area contributed by atoms with Crippen molar-refractivity contribution in [3.63, 3.8) is 0 Å². The van der Waals surface area contributed by atoms with Gasteiger partial charge >= 0.3 is 0 Å². The first-order valence-electron chi connectivity index (χ1n) is 11.8. The number of fused-ring (bicyclic) bond motifs is 1. The predicted molar refractivity (Wildman–Crippen MR) is 142 cm³/mol. The lowest BCUT2D eigenvalue weighted by molar-refractivity contribution is 0.352. The van der Waals surface area contributed by atoms with E-state index in [-0.39, 0.29) is 12.8 Å². The van der Waals surface area contributed by atoms with Gasteiger partial charge in [0.15, 0.2) is 0 Å². The van der Waals surface area contributed by atoms with E-state index in [0.29, 0.717) is 12.1 Å². The second kappa shape index (κ2) is 10.5. The molecule has 3 aromatic rings. The maximum Gasteiger partial charge on any atom is 0.225 e. The number of hydrogen-bond donors (Lipinski definition) is 2. The van der Waals surface area contributed by atoms with Crippen LogP contribution in [0.5, 0.6) is 0 Å². The van der Waals surface area contributed by atoms with Crippen molar-refractivity contribution in [1.82, 2.24) is 15.3 Å². The molecule has 0 spiro atoms. The predicted octanol–water partition coefficient (Wildman–Crippen LogP) is 6.14. The van der Waals surface area contributed by atoms with Crippen LogP contribution >= 0.6 is 0 Å². The Morgan fingerprint density at radius 1 is 0.879 bits per heavy atom. The van der Waals surface area contributed by atoms with E-state index in [2.05, 4.69) is 72.7 Å². The molecule has 0 bridgehead atoms. The van der Waals surface area contributed by atoms with E-state index >= 15 is 0 Å². The number of rotatable bonds is 6. The van der Waals surface area contributed by atoms with Crippen LogP contribution in [0.3, 0.4) is 0 Å². The van der Waals surface area contributed by atoms with Crippen LogP contribution in [-0.4, -0.2) is 36.1 Å². The van der Waals surface area contributed by atoms with Crippen molar-refractivity contribution >= 4 is 22.7 Å². The van der Waals surface area contributed by atoms with Crippen molar-refractivity contribution in [2.24, 2.45) is 0 Å². The molecule has 5 heteroatoms. The van der Waals surface area contributed by atoms with E-state index in [4.69, 9.17) is 9.97 Å². The van der Waals surface area contributed by atoms with Gasteiger partial charge in [-0.05, 0) is 54.4 Å². The highest BCUT2D eigenvalue weighted by Crippen LogP contribution is 2.27. The Balaban J connectivity index is 0.00000306. The van der Waals surface area contributed by atoms with Crippen LogP contribution in [0, 0.1) is 0 Å². The highest BCUT2D eigenvalue weighted by atomic mass is 15.2. The zero-order valence-electron chi connectivity index (χ0n) is 20.2. The second-order valence-electron chi connectivity index (χ2n) is 10.3. The maximum atomic E-state index is 4.80. The minimum Gasteiger partial charge on any atom is -0.362 e. The van der Waals surface area contributed by atoms with Crippen LogP contribution < -0.4 is 15.5 Å². The van der Waals surface area contributed by atoms with Gasteiger partial charge in [0.25, 0.3) is 0 Å². The van der Waals surface area contributed by atoms with Crippen molar-refractivity contribution in [2.75, 3.05) is 24.3 Å².